The predicted octanol–water partition coefficient (Wildman–Crippen LogP) is 1.51. The van der Waals surface area contributed by atoms with Crippen molar-refractivity contribution in [3.63, 3.8) is 0 Å². The SMILES string of the molecule is Cn1c(C(=O)NS(C)(=O)=O)c(-n2c(=O)[nH]c3ccccc3c2=O)c2cc(Cl)ccc21. The molecule has 0 unspecified atom stereocenters. The van der Waals surface area contributed by atoms with E-state index in [1.54, 1.807) is 36.4 Å². The molecule has 2 aromatic heterocycles. The number of rotatable bonds is 3. The third-order valence-electron chi connectivity index (χ3n) is 4.66. The molecular formula is C19H15ClN4O5S. The molecule has 0 aliphatic carbocycles. The van der Waals surface area contributed by atoms with E-state index >= 15 is 0 Å². The third-order valence-corrected chi connectivity index (χ3v) is 5.45. The summed E-state index contributed by atoms with van der Waals surface area (Å²) in [5.74, 6) is -0.984. The normalized spacial score (nSPS) is 11.8. The monoisotopic (exact) mass is 446 g/mol. The Morgan fingerprint density at radius 2 is 1.80 bits per heavy atom. The average molecular weight is 447 g/mol. The molecule has 2 heterocycles. The van der Waals surface area contributed by atoms with E-state index in [0.717, 1.165) is 10.8 Å². The minimum atomic E-state index is -3.90. The number of H-pyrrole nitrogens is 1. The number of amides is 1. The summed E-state index contributed by atoms with van der Waals surface area (Å²) < 4.78 is 27.4. The number of nitrogens with zero attached hydrogens (tertiary/aromatic N) is 2. The number of aromatic nitrogens is 3. The fraction of sp³-hybridized carbons (Fsp3) is 0.105. The predicted molar refractivity (Wildman–Crippen MR) is 114 cm³/mol. The lowest BCUT2D eigenvalue weighted by atomic mass is 10.2. The first-order valence-electron chi connectivity index (χ1n) is 8.63. The second-order valence-corrected chi connectivity index (χ2v) is 8.92. The Balaban J connectivity index is 2.19. The zero-order valence-corrected chi connectivity index (χ0v) is 17.3. The van der Waals surface area contributed by atoms with Crippen LogP contribution in [0.25, 0.3) is 27.5 Å². The highest BCUT2D eigenvalue weighted by Gasteiger charge is 2.27. The van der Waals surface area contributed by atoms with Crippen LogP contribution >= 0.6 is 11.6 Å². The molecule has 11 heteroatoms. The lowest BCUT2D eigenvalue weighted by molar-refractivity contribution is 0.0974. The van der Waals surface area contributed by atoms with E-state index in [1.165, 1.54) is 17.7 Å². The van der Waals surface area contributed by atoms with E-state index in [-0.39, 0.29) is 16.8 Å². The van der Waals surface area contributed by atoms with Crippen molar-refractivity contribution in [3.05, 3.63) is 74.0 Å². The van der Waals surface area contributed by atoms with Gasteiger partial charge in [0.1, 0.15) is 5.69 Å². The van der Waals surface area contributed by atoms with Crippen LogP contribution in [0.5, 0.6) is 0 Å². The van der Waals surface area contributed by atoms with E-state index in [4.69, 9.17) is 11.6 Å². The van der Waals surface area contributed by atoms with Gasteiger partial charge in [0, 0.05) is 17.5 Å². The van der Waals surface area contributed by atoms with Crippen LogP contribution in [-0.2, 0) is 17.1 Å². The van der Waals surface area contributed by atoms with Crippen LogP contribution in [0.4, 0.5) is 0 Å². The first kappa shape index (κ1) is 19.9. The van der Waals surface area contributed by atoms with E-state index in [0.29, 0.717) is 21.4 Å². The number of carbonyl (C=O) groups excluding carboxylic acids is 1. The molecule has 0 atom stereocenters. The van der Waals surface area contributed by atoms with Crippen LogP contribution in [0, 0.1) is 0 Å². The summed E-state index contributed by atoms with van der Waals surface area (Å²) in [6.07, 6.45) is 0.832. The lowest BCUT2D eigenvalue weighted by Gasteiger charge is -2.10. The molecule has 0 saturated carbocycles. The van der Waals surface area contributed by atoms with Gasteiger partial charge in [0.15, 0.2) is 0 Å². The van der Waals surface area contributed by atoms with E-state index < -0.39 is 27.2 Å². The molecule has 0 fully saturated rings. The van der Waals surface area contributed by atoms with Crippen molar-refractivity contribution >= 4 is 49.3 Å². The summed E-state index contributed by atoms with van der Waals surface area (Å²) in [7, 11) is -2.37. The Labute approximate surface area is 174 Å². The molecule has 4 aromatic rings. The molecule has 4 rings (SSSR count). The number of sulfonamides is 1. The van der Waals surface area contributed by atoms with Crippen molar-refractivity contribution in [1.82, 2.24) is 18.8 Å². The Kier molecular flexibility index (Phi) is 4.55. The number of aromatic amines is 1. The minimum Gasteiger partial charge on any atom is -0.338 e. The van der Waals surface area contributed by atoms with Crippen molar-refractivity contribution in [1.29, 1.82) is 0 Å². The van der Waals surface area contributed by atoms with Crippen LogP contribution in [0.3, 0.4) is 0 Å². The van der Waals surface area contributed by atoms with Crippen LogP contribution in [-0.4, -0.2) is 34.7 Å². The van der Waals surface area contributed by atoms with Gasteiger partial charge in [-0.1, -0.05) is 23.7 Å². The summed E-state index contributed by atoms with van der Waals surface area (Å²) >= 11 is 6.12. The van der Waals surface area contributed by atoms with Gasteiger partial charge in [-0.3, -0.25) is 9.59 Å². The van der Waals surface area contributed by atoms with Gasteiger partial charge in [-0.05, 0) is 30.3 Å². The summed E-state index contributed by atoms with van der Waals surface area (Å²) in [5.41, 5.74) is -0.861. The largest absolute Gasteiger partial charge is 0.338 e. The molecule has 0 aliphatic heterocycles. The Morgan fingerprint density at radius 1 is 1.10 bits per heavy atom. The summed E-state index contributed by atoms with van der Waals surface area (Å²) in [6.45, 7) is 0. The second-order valence-electron chi connectivity index (χ2n) is 6.74. The number of carbonyl (C=O) groups is 1. The van der Waals surface area contributed by atoms with Crippen molar-refractivity contribution < 1.29 is 13.2 Å². The molecule has 30 heavy (non-hydrogen) atoms. The molecule has 0 radical (unpaired) electrons. The third kappa shape index (κ3) is 3.19. The minimum absolute atomic E-state index is 0.0619. The number of nitrogens with one attached hydrogen (secondary N) is 2. The highest BCUT2D eigenvalue weighted by atomic mass is 35.5. The number of fused-ring (bicyclic) bond motifs is 2. The van der Waals surface area contributed by atoms with E-state index in [9.17, 15) is 22.8 Å². The highest BCUT2D eigenvalue weighted by Crippen LogP contribution is 2.30. The molecule has 0 saturated heterocycles. The quantitative estimate of drug-likeness (QED) is 0.494. The molecular weight excluding hydrogens is 432 g/mol. The lowest BCUT2D eigenvalue weighted by Crippen LogP contribution is -2.37. The first-order valence-corrected chi connectivity index (χ1v) is 10.9. The van der Waals surface area contributed by atoms with Crippen molar-refractivity contribution in [2.75, 3.05) is 6.26 Å². The van der Waals surface area contributed by atoms with Crippen LogP contribution in [0.2, 0.25) is 5.02 Å². The van der Waals surface area contributed by atoms with Gasteiger partial charge in [0.25, 0.3) is 11.5 Å². The van der Waals surface area contributed by atoms with Gasteiger partial charge < -0.3 is 9.55 Å². The van der Waals surface area contributed by atoms with Crippen molar-refractivity contribution in [2.45, 2.75) is 0 Å². The summed E-state index contributed by atoms with van der Waals surface area (Å²) in [6, 6.07) is 11.1. The number of hydrogen-bond acceptors (Lipinski definition) is 5. The van der Waals surface area contributed by atoms with Crippen LogP contribution < -0.4 is 16.0 Å². The maximum Gasteiger partial charge on any atom is 0.333 e. The smallest absolute Gasteiger partial charge is 0.333 e. The molecule has 1 amide bonds. The van der Waals surface area contributed by atoms with Crippen molar-refractivity contribution in [2.24, 2.45) is 7.05 Å². The van der Waals surface area contributed by atoms with Crippen LogP contribution in [0.15, 0.2) is 52.1 Å². The Morgan fingerprint density at radius 3 is 2.50 bits per heavy atom. The van der Waals surface area contributed by atoms with Gasteiger partial charge >= 0.3 is 5.69 Å². The second kappa shape index (κ2) is 6.85. The van der Waals surface area contributed by atoms with Crippen molar-refractivity contribution in [3.8, 4) is 5.69 Å². The van der Waals surface area contributed by atoms with E-state index in [2.05, 4.69) is 4.98 Å². The summed E-state index contributed by atoms with van der Waals surface area (Å²) in [5, 5.41) is 0.881. The molecule has 2 aromatic carbocycles. The molecule has 0 spiro atoms. The number of halogens is 1. The Hall–Kier alpha value is -3.37. The topological polar surface area (TPSA) is 123 Å². The maximum absolute atomic E-state index is 13.2. The molecule has 0 aliphatic rings. The zero-order chi connectivity index (χ0) is 21.8. The zero-order valence-electron chi connectivity index (χ0n) is 15.8. The van der Waals surface area contributed by atoms with Gasteiger partial charge in [-0.25, -0.2) is 22.5 Å². The highest BCUT2D eigenvalue weighted by molar-refractivity contribution is 7.89. The van der Waals surface area contributed by atoms with Gasteiger partial charge in [-0.15, -0.1) is 0 Å². The van der Waals surface area contributed by atoms with Gasteiger partial charge in [0.05, 0.1) is 28.4 Å². The van der Waals surface area contributed by atoms with E-state index in [1.807, 2.05) is 4.72 Å². The molecule has 154 valence electrons. The molecule has 9 nitrogen and oxygen atoms in total. The molecule has 0 bridgehead atoms. The summed E-state index contributed by atoms with van der Waals surface area (Å²) in [4.78, 5) is 41.5. The Bertz CT molecular complexity index is 1580. The number of para-hydroxylation sites is 1. The fourth-order valence-electron chi connectivity index (χ4n) is 3.47. The fourth-order valence-corrected chi connectivity index (χ4v) is 4.07. The molecule has 2 N–H and O–H groups in total. The number of hydrogen-bond donors (Lipinski definition) is 2. The number of benzene rings is 2. The standard InChI is InChI=1S/C19H15ClN4O5S/c1-23-14-8-7-10(20)9-12(14)15(16(23)17(25)22-30(2,28)29)24-18(26)11-5-3-4-6-13(11)21-19(24)27/h3-9H,1-2H3,(H,21,27)(H,22,25). The average Bonchev–Trinajstić information content (AvgIpc) is 2.92. The first-order chi connectivity index (χ1) is 14.1. The van der Waals surface area contributed by atoms with Gasteiger partial charge in [0.2, 0.25) is 10.0 Å². The van der Waals surface area contributed by atoms with Crippen LogP contribution in [0.1, 0.15) is 10.5 Å². The van der Waals surface area contributed by atoms with Gasteiger partial charge in [-0.2, -0.15) is 0 Å². The number of aryl methyl sites for hydroxylation is 1. The maximum atomic E-state index is 13.2.